The SMILES string of the molecule is C=C(C)C1=C([Si](C)(C)C)[Si](Cl)(Cl)C1CC. The molecule has 0 saturated heterocycles. The summed E-state index contributed by atoms with van der Waals surface area (Å²) in [5.41, 5.74) is 3.00. The van der Waals surface area contributed by atoms with Gasteiger partial charge in [0.2, 0.25) is 0 Å². The van der Waals surface area contributed by atoms with Crippen LogP contribution < -0.4 is 0 Å². The molecular formula is C11H20Cl2Si2. The molecule has 0 spiro atoms. The molecule has 0 aromatic heterocycles. The van der Waals surface area contributed by atoms with Gasteiger partial charge in [0, 0.05) is 5.54 Å². The fourth-order valence-electron chi connectivity index (χ4n) is 2.51. The highest BCUT2D eigenvalue weighted by molar-refractivity contribution is 7.54. The Morgan fingerprint density at radius 2 is 1.87 bits per heavy atom. The van der Waals surface area contributed by atoms with Crippen LogP contribution in [0.25, 0.3) is 0 Å². The van der Waals surface area contributed by atoms with Crippen LogP contribution in [0.3, 0.4) is 0 Å². The van der Waals surface area contributed by atoms with Crippen molar-refractivity contribution in [2.75, 3.05) is 0 Å². The topological polar surface area (TPSA) is 0 Å². The maximum Gasteiger partial charge on any atom is 0.280 e. The summed E-state index contributed by atoms with van der Waals surface area (Å²) in [5, 5.41) is 0. The molecule has 0 aliphatic carbocycles. The van der Waals surface area contributed by atoms with Crippen molar-refractivity contribution in [1.82, 2.24) is 0 Å². The van der Waals surface area contributed by atoms with Gasteiger partial charge in [-0.2, -0.15) is 0 Å². The van der Waals surface area contributed by atoms with Gasteiger partial charge in [0.1, 0.15) is 0 Å². The molecule has 1 unspecified atom stereocenters. The molecule has 0 fully saturated rings. The van der Waals surface area contributed by atoms with E-state index in [1.165, 1.54) is 16.0 Å². The van der Waals surface area contributed by atoms with Gasteiger partial charge in [-0.05, 0) is 18.9 Å². The standard InChI is InChI=1S/C11H20Cl2Si2/c1-7-9-10(8(2)3)11(14(4,5)6)15(9,12)13/h9H,2,7H2,1,3-6H3. The Balaban J connectivity index is 3.29. The molecule has 15 heavy (non-hydrogen) atoms. The Kier molecular flexibility index (Phi) is 3.67. The molecule has 0 aromatic carbocycles. The summed E-state index contributed by atoms with van der Waals surface area (Å²) < 4.78 is 0. The molecule has 0 nitrogen and oxygen atoms in total. The molecule has 0 amide bonds. The van der Waals surface area contributed by atoms with Crippen molar-refractivity contribution in [2.45, 2.75) is 45.5 Å². The molecule has 0 radical (unpaired) electrons. The third-order valence-electron chi connectivity index (χ3n) is 3.01. The average Bonchev–Trinajstić information content (AvgIpc) is 1.97. The molecule has 1 atom stereocenters. The largest absolute Gasteiger partial charge is 0.280 e. The van der Waals surface area contributed by atoms with E-state index in [1.807, 2.05) is 0 Å². The van der Waals surface area contributed by atoms with Crippen molar-refractivity contribution in [2.24, 2.45) is 0 Å². The Morgan fingerprint density at radius 1 is 1.40 bits per heavy atom. The maximum absolute atomic E-state index is 6.60. The van der Waals surface area contributed by atoms with Gasteiger partial charge in [-0.1, -0.05) is 43.5 Å². The summed E-state index contributed by atoms with van der Waals surface area (Å²) in [6, 6.07) is 0. The number of halogens is 2. The van der Waals surface area contributed by atoms with Crippen LogP contribution in [0, 0.1) is 0 Å². The van der Waals surface area contributed by atoms with Crippen molar-refractivity contribution < 1.29 is 0 Å². The number of hydrogen-bond donors (Lipinski definition) is 0. The predicted molar refractivity (Wildman–Crippen MR) is 76.7 cm³/mol. The molecule has 1 aliphatic heterocycles. The second-order valence-electron chi connectivity index (χ2n) is 5.40. The van der Waals surface area contributed by atoms with Crippen molar-refractivity contribution >= 4 is 36.9 Å². The molecule has 4 heteroatoms. The zero-order valence-electron chi connectivity index (χ0n) is 10.2. The average molecular weight is 279 g/mol. The molecule has 1 aliphatic rings. The normalized spacial score (nSPS) is 25.1. The summed E-state index contributed by atoms with van der Waals surface area (Å²) in [4.78, 5) is 1.43. The second kappa shape index (κ2) is 4.06. The lowest BCUT2D eigenvalue weighted by Crippen LogP contribution is -2.52. The first-order chi connectivity index (χ1) is 6.64. The molecule has 0 bridgehead atoms. The van der Waals surface area contributed by atoms with Crippen molar-refractivity contribution in [3.8, 4) is 0 Å². The van der Waals surface area contributed by atoms with E-state index in [9.17, 15) is 0 Å². The lowest BCUT2D eigenvalue weighted by Gasteiger charge is -2.48. The molecular weight excluding hydrogens is 259 g/mol. The van der Waals surface area contributed by atoms with E-state index in [-0.39, 0.29) is 0 Å². The first-order valence-corrected chi connectivity index (χ1v) is 13.0. The molecule has 0 N–H and O–H groups in total. The lowest BCUT2D eigenvalue weighted by molar-refractivity contribution is 0.863. The van der Waals surface area contributed by atoms with Crippen molar-refractivity contribution in [1.29, 1.82) is 0 Å². The minimum atomic E-state index is -2.15. The fraction of sp³-hybridized carbons (Fsp3) is 0.636. The third kappa shape index (κ3) is 2.14. The summed E-state index contributed by atoms with van der Waals surface area (Å²) in [7, 11) is -1.38. The van der Waals surface area contributed by atoms with Crippen molar-refractivity contribution in [3.05, 3.63) is 22.5 Å². The minimum absolute atomic E-state index is 0.417. The van der Waals surface area contributed by atoms with Gasteiger partial charge in [-0.3, -0.25) is 0 Å². The van der Waals surface area contributed by atoms with E-state index in [0.29, 0.717) is 5.54 Å². The Hall–Kier alpha value is 0.494. The van der Waals surface area contributed by atoms with Crippen LogP contribution >= 0.6 is 22.2 Å². The van der Waals surface area contributed by atoms with Gasteiger partial charge in [0.05, 0.1) is 8.07 Å². The summed E-state index contributed by atoms with van der Waals surface area (Å²) >= 11 is 13.2. The van der Waals surface area contributed by atoms with E-state index in [4.69, 9.17) is 22.2 Å². The van der Waals surface area contributed by atoms with Gasteiger partial charge >= 0.3 is 0 Å². The number of rotatable bonds is 3. The van der Waals surface area contributed by atoms with Gasteiger partial charge < -0.3 is 0 Å². The van der Waals surface area contributed by atoms with Crippen LogP contribution in [0.5, 0.6) is 0 Å². The Morgan fingerprint density at radius 3 is 2.13 bits per heavy atom. The quantitative estimate of drug-likeness (QED) is 0.504. The van der Waals surface area contributed by atoms with E-state index in [2.05, 4.69) is 40.1 Å². The van der Waals surface area contributed by atoms with Crippen molar-refractivity contribution in [3.63, 3.8) is 0 Å². The summed E-state index contributed by atoms with van der Waals surface area (Å²) in [5.74, 6) is 0. The zero-order valence-corrected chi connectivity index (χ0v) is 13.8. The molecule has 0 saturated carbocycles. The predicted octanol–water partition coefficient (Wildman–Crippen LogP) is 4.99. The van der Waals surface area contributed by atoms with Gasteiger partial charge in [0.25, 0.3) is 6.69 Å². The highest BCUT2D eigenvalue weighted by Crippen LogP contribution is 2.58. The zero-order chi connectivity index (χ0) is 12.0. The van der Waals surface area contributed by atoms with Crippen LogP contribution in [0.2, 0.25) is 25.2 Å². The van der Waals surface area contributed by atoms with Crippen LogP contribution in [-0.4, -0.2) is 14.8 Å². The number of allylic oxidation sites excluding steroid dienone is 2. The first kappa shape index (κ1) is 13.6. The van der Waals surface area contributed by atoms with Crippen LogP contribution in [0.4, 0.5) is 0 Å². The van der Waals surface area contributed by atoms with Gasteiger partial charge in [-0.15, -0.1) is 22.2 Å². The van der Waals surface area contributed by atoms with Gasteiger partial charge in [-0.25, -0.2) is 0 Å². The number of hydrogen-bond acceptors (Lipinski definition) is 0. The summed E-state index contributed by atoms with van der Waals surface area (Å²) in [6.45, 7) is 13.1. The van der Waals surface area contributed by atoms with Crippen LogP contribution in [-0.2, 0) is 0 Å². The molecule has 1 rings (SSSR count). The Labute approximate surface area is 105 Å². The van der Waals surface area contributed by atoms with E-state index in [0.717, 1.165) is 6.42 Å². The first-order valence-electron chi connectivity index (χ1n) is 5.42. The molecule has 0 aromatic rings. The summed E-state index contributed by atoms with van der Waals surface area (Å²) in [6.07, 6.45) is 1.05. The maximum atomic E-state index is 6.60. The van der Waals surface area contributed by atoms with Gasteiger partial charge in [0.15, 0.2) is 0 Å². The van der Waals surface area contributed by atoms with E-state index in [1.54, 1.807) is 0 Å². The molecule has 86 valence electrons. The van der Waals surface area contributed by atoms with Crippen LogP contribution in [0.15, 0.2) is 22.5 Å². The monoisotopic (exact) mass is 278 g/mol. The lowest BCUT2D eigenvalue weighted by atomic mass is 10.0. The van der Waals surface area contributed by atoms with Crippen LogP contribution in [0.1, 0.15) is 20.3 Å². The highest BCUT2D eigenvalue weighted by Gasteiger charge is 2.57. The second-order valence-corrected chi connectivity index (χ2v) is 17.5. The van der Waals surface area contributed by atoms with E-state index >= 15 is 0 Å². The molecule has 1 heterocycles. The van der Waals surface area contributed by atoms with E-state index < -0.39 is 14.8 Å². The Bertz CT molecular complexity index is 324. The fourth-order valence-corrected chi connectivity index (χ4v) is 17.8. The smallest absolute Gasteiger partial charge is 0.140 e. The third-order valence-corrected chi connectivity index (χ3v) is 14.4. The highest BCUT2D eigenvalue weighted by atomic mass is 35.7. The minimum Gasteiger partial charge on any atom is -0.140 e.